The smallest absolute Gasteiger partial charge is 0.410 e. The zero-order chi connectivity index (χ0) is 14.5. The molecule has 0 aliphatic carbocycles. The van der Waals surface area contributed by atoms with E-state index in [-0.39, 0.29) is 5.75 Å². The minimum Gasteiger partial charge on any atom is -0.410 e. The number of nitro groups is 1. The number of rotatable bonds is 3. The summed E-state index contributed by atoms with van der Waals surface area (Å²) in [7, 11) is 0. The van der Waals surface area contributed by atoms with Crippen LogP contribution in [0.5, 0.6) is 5.75 Å². The van der Waals surface area contributed by atoms with Crippen molar-refractivity contribution >= 4 is 17.5 Å². The summed E-state index contributed by atoms with van der Waals surface area (Å²) in [6, 6.07) is 11.3. The Morgan fingerprint density at radius 3 is 2.50 bits per heavy atom. The van der Waals surface area contributed by atoms with Gasteiger partial charge >= 0.3 is 6.09 Å². The van der Waals surface area contributed by atoms with Gasteiger partial charge in [-0.3, -0.25) is 15.4 Å². The van der Waals surface area contributed by atoms with Crippen molar-refractivity contribution in [2.75, 3.05) is 5.32 Å². The molecule has 7 heteroatoms. The minimum absolute atomic E-state index is 0.240. The predicted octanol–water partition coefficient (Wildman–Crippen LogP) is 3.34. The molecule has 2 aromatic rings. The van der Waals surface area contributed by atoms with Crippen LogP contribution >= 0.6 is 0 Å². The van der Waals surface area contributed by atoms with Gasteiger partial charge in [-0.1, -0.05) is 24.3 Å². The summed E-state index contributed by atoms with van der Waals surface area (Å²) in [6.45, 7) is 0. The number of anilines is 1. The Balaban J connectivity index is 2.18. The molecule has 0 unspecified atom stereocenters. The lowest BCUT2D eigenvalue weighted by atomic mass is 10.2. The van der Waals surface area contributed by atoms with Gasteiger partial charge in [0.15, 0.2) is 11.5 Å². The maximum absolute atomic E-state index is 13.5. The Kier molecular flexibility index (Phi) is 3.90. The van der Waals surface area contributed by atoms with Gasteiger partial charge in [-0.15, -0.1) is 0 Å². The first-order chi connectivity index (χ1) is 9.58. The molecule has 0 fully saturated rings. The van der Waals surface area contributed by atoms with Crippen molar-refractivity contribution in [3.63, 3.8) is 0 Å². The average molecular weight is 276 g/mol. The molecule has 0 radical (unpaired) electrons. The van der Waals surface area contributed by atoms with Gasteiger partial charge < -0.3 is 4.74 Å². The van der Waals surface area contributed by atoms with Gasteiger partial charge in [0.25, 0.3) is 5.69 Å². The Hall–Kier alpha value is -2.96. The average Bonchev–Trinajstić information content (AvgIpc) is 2.42. The Morgan fingerprint density at radius 2 is 1.85 bits per heavy atom. The van der Waals surface area contributed by atoms with Crippen molar-refractivity contribution in [2.45, 2.75) is 0 Å². The molecule has 0 spiro atoms. The number of ether oxygens (including phenoxy) is 1. The van der Waals surface area contributed by atoms with E-state index in [2.05, 4.69) is 0 Å². The monoisotopic (exact) mass is 276 g/mol. The van der Waals surface area contributed by atoms with E-state index < -0.39 is 28.2 Å². The third-order valence-electron chi connectivity index (χ3n) is 2.37. The van der Waals surface area contributed by atoms with Crippen LogP contribution in [0.3, 0.4) is 0 Å². The first-order valence-corrected chi connectivity index (χ1v) is 5.54. The maximum atomic E-state index is 13.5. The van der Waals surface area contributed by atoms with Crippen molar-refractivity contribution in [3.05, 3.63) is 64.5 Å². The highest BCUT2D eigenvalue weighted by Crippen LogP contribution is 2.27. The first-order valence-electron chi connectivity index (χ1n) is 5.54. The summed E-state index contributed by atoms with van der Waals surface area (Å²) < 4.78 is 18.4. The SMILES string of the molecule is O=C(Nc1c(F)cccc1[N+](=O)[O-])Oc1ccccc1. The van der Waals surface area contributed by atoms with Crippen LogP contribution in [0.15, 0.2) is 48.5 Å². The van der Waals surface area contributed by atoms with E-state index in [9.17, 15) is 19.3 Å². The van der Waals surface area contributed by atoms with Crippen LogP contribution in [0.2, 0.25) is 0 Å². The quantitative estimate of drug-likeness (QED) is 0.688. The van der Waals surface area contributed by atoms with Crippen LogP contribution in [0.4, 0.5) is 20.6 Å². The molecule has 0 bridgehead atoms. The predicted molar refractivity (Wildman–Crippen MR) is 69.1 cm³/mol. The molecule has 0 aromatic heterocycles. The summed E-state index contributed by atoms with van der Waals surface area (Å²) in [5.74, 6) is -0.673. The van der Waals surface area contributed by atoms with Crippen molar-refractivity contribution in [3.8, 4) is 5.75 Å². The fourth-order valence-corrected chi connectivity index (χ4v) is 1.51. The Bertz CT molecular complexity index is 646. The molecule has 0 saturated heterocycles. The van der Waals surface area contributed by atoms with Crippen molar-refractivity contribution in [2.24, 2.45) is 0 Å². The number of carbonyl (C=O) groups excluding carboxylic acids is 1. The standard InChI is InChI=1S/C13H9FN2O4/c14-10-7-4-8-11(16(18)19)12(10)15-13(17)20-9-5-2-1-3-6-9/h1-8H,(H,15,17). The van der Waals surface area contributed by atoms with Crippen LogP contribution in [0.25, 0.3) is 0 Å². The number of nitrogens with one attached hydrogen (secondary N) is 1. The third-order valence-corrected chi connectivity index (χ3v) is 2.37. The lowest BCUT2D eigenvalue weighted by Crippen LogP contribution is -2.18. The second kappa shape index (κ2) is 5.79. The van der Waals surface area contributed by atoms with Crippen molar-refractivity contribution < 1.29 is 18.8 Å². The fraction of sp³-hybridized carbons (Fsp3) is 0. The highest BCUT2D eigenvalue weighted by molar-refractivity contribution is 5.89. The summed E-state index contributed by atoms with van der Waals surface area (Å²) in [5, 5.41) is 12.8. The van der Waals surface area contributed by atoms with Gasteiger partial charge in [0.2, 0.25) is 0 Å². The molecule has 0 aliphatic rings. The number of benzene rings is 2. The second-order valence-electron chi connectivity index (χ2n) is 3.72. The molecule has 0 atom stereocenters. The van der Waals surface area contributed by atoms with E-state index in [1.165, 1.54) is 18.2 Å². The topological polar surface area (TPSA) is 81.5 Å². The molecule has 1 N–H and O–H groups in total. The molecule has 0 aliphatic heterocycles. The molecular formula is C13H9FN2O4. The summed E-state index contributed by atoms with van der Waals surface area (Å²) in [5.41, 5.74) is -1.08. The van der Waals surface area contributed by atoms with Crippen LogP contribution in [0, 0.1) is 15.9 Å². The van der Waals surface area contributed by atoms with E-state index in [0.717, 1.165) is 12.1 Å². The fourth-order valence-electron chi connectivity index (χ4n) is 1.51. The van der Waals surface area contributed by atoms with E-state index in [0.29, 0.717) is 0 Å². The maximum Gasteiger partial charge on any atom is 0.417 e. The number of hydrogen-bond donors (Lipinski definition) is 1. The van der Waals surface area contributed by atoms with Gasteiger partial charge in [-0.2, -0.15) is 0 Å². The van der Waals surface area contributed by atoms with Gasteiger partial charge in [0, 0.05) is 6.07 Å². The lowest BCUT2D eigenvalue weighted by Gasteiger charge is -2.07. The highest BCUT2D eigenvalue weighted by atomic mass is 19.1. The Labute approximate surface area is 112 Å². The van der Waals surface area contributed by atoms with Gasteiger partial charge in [-0.25, -0.2) is 9.18 Å². The van der Waals surface area contributed by atoms with Crippen LogP contribution in [0.1, 0.15) is 0 Å². The molecule has 102 valence electrons. The summed E-state index contributed by atoms with van der Waals surface area (Å²) in [6.07, 6.45) is -1.01. The molecule has 0 saturated carbocycles. The number of nitro benzene ring substituents is 1. The van der Waals surface area contributed by atoms with Crippen LogP contribution in [-0.4, -0.2) is 11.0 Å². The normalized spacial score (nSPS) is 9.85. The summed E-state index contributed by atoms with van der Waals surface area (Å²) in [4.78, 5) is 21.6. The second-order valence-corrected chi connectivity index (χ2v) is 3.72. The largest absolute Gasteiger partial charge is 0.417 e. The van der Waals surface area contributed by atoms with E-state index in [1.54, 1.807) is 18.2 Å². The van der Waals surface area contributed by atoms with Gasteiger partial charge in [0.1, 0.15) is 5.75 Å². The molecule has 2 rings (SSSR count). The van der Waals surface area contributed by atoms with Crippen molar-refractivity contribution in [1.29, 1.82) is 0 Å². The first kappa shape index (κ1) is 13.5. The number of hydrogen-bond acceptors (Lipinski definition) is 4. The lowest BCUT2D eigenvalue weighted by molar-refractivity contribution is -0.384. The van der Waals surface area contributed by atoms with E-state index in [1.807, 2.05) is 5.32 Å². The number of para-hydroxylation sites is 2. The van der Waals surface area contributed by atoms with Gasteiger partial charge in [-0.05, 0) is 18.2 Å². The highest BCUT2D eigenvalue weighted by Gasteiger charge is 2.20. The number of nitrogens with zero attached hydrogens (tertiary/aromatic N) is 1. The third kappa shape index (κ3) is 3.08. The van der Waals surface area contributed by atoms with Gasteiger partial charge in [0.05, 0.1) is 4.92 Å². The summed E-state index contributed by atoms with van der Waals surface area (Å²) >= 11 is 0. The van der Waals surface area contributed by atoms with Crippen LogP contribution in [-0.2, 0) is 0 Å². The van der Waals surface area contributed by atoms with Crippen molar-refractivity contribution in [1.82, 2.24) is 0 Å². The molecule has 1 amide bonds. The van der Waals surface area contributed by atoms with Crippen LogP contribution < -0.4 is 10.1 Å². The number of amides is 1. The number of carbonyl (C=O) groups is 1. The zero-order valence-electron chi connectivity index (χ0n) is 10.1. The zero-order valence-corrected chi connectivity index (χ0v) is 10.1. The molecular weight excluding hydrogens is 267 g/mol. The van der Waals surface area contributed by atoms with E-state index in [4.69, 9.17) is 4.74 Å². The molecule has 0 heterocycles. The molecule has 2 aromatic carbocycles. The molecule has 20 heavy (non-hydrogen) atoms. The molecule has 6 nitrogen and oxygen atoms in total. The Morgan fingerprint density at radius 1 is 1.15 bits per heavy atom. The minimum atomic E-state index is -1.01. The van der Waals surface area contributed by atoms with E-state index >= 15 is 0 Å². The number of halogens is 1.